The van der Waals surface area contributed by atoms with Crippen molar-refractivity contribution in [3.63, 3.8) is 0 Å². The Hall–Kier alpha value is -2.94. The van der Waals surface area contributed by atoms with Gasteiger partial charge in [-0.3, -0.25) is 19.2 Å². The van der Waals surface area contributed by atoms with Crippen LogP contribution in [0, 0.1) is 0 Å². The molecule has 9 heteroatoms. The van der Waals surface area contributed by atoms with Gasteiger partial charge in [-0.1, -0.05) is 39.7 Å². The van der Waals surface area contributed by atoms with E-state index in [1.165, 1.54) is 12.1 Å². The second-order valence-corrected chi connectivity index (χ2v) is 8.43. The normalized spacial score (nSPS) is 12.4. The smallest absolute Gasteiger partial charge is 0.323 e. The minimum atomic E-state index is -0.991. The highest BCUT2D eigenvalue weighted by atomic mass is 16.6. The minimum absolute atomic E-state index is 0.0922. The van der Waals surface area contributed by atoms with Crippen molar-refractivity contribution >= 4 is 23.9 Å². The highest BCUT2D eigenvalue weighted by Gasteiger charge is 2.20. The molecule has 0 heterocycles. The van der Waals surface area contributed by atoms with E-state index in [1.807, 2.05) is 20.8 Å². The van der Waals surface area contributed by atoms with E-state index >= 15 is 0 Å². The first-order valence-electron chi connectivity index (χ1n) is 12.4. The zero-order chi connectivity index (χ0) is 26.2. The minimum Gasteiger partial charge on any atom is -0.461 e. The summed E-state index contributed by atoms with van der Waals surface area (Å²) in [6.45, 7) is 7.29. The predicted octanol–water partition coefficient (Wildman–Crippen LogP) is 4.02. The fourth-order valence-electron chi connectivity index (χ4n) is 3.08. The van der Waals surface area contributed by atoms with Gasteiger partial charge in [0.25, 0.3) is 0 Å². The number of hydrogen-bond donors (Lipinski definition) is 1. The Balaban J connectivity index is 2.72. The maximum Gasteiger partial charge on any atom is 0.323 e. The number of nitrogens with two attached hydrogens (primary N) is 1. The van der Waals surface area contributed by atoms with Gasteiger partial charge in [-0.05, 0) is 50.3 Å². The topological polar surface area (TPSA) is 131 Å². The number of rotatable bonds is 16. The van der Waals surface area contributed by atoms with Gasteiger partial charge in [-0.15, -0.1) is 0 Å². The van der Waals surface area contributed by atoms with Crippen LogP contribution in [-0.4, -0.2) is 42.6 Å². The third-order valence-electron chi connectivity index (χ3n) is 4.90. The first-order valence-corrected chi connectivity index (χ1v) is 12.4. The van der Waals surface area contributed by atoms with Crippen LogP contribution in [0.5, 0.6) is 11.5 Å². The SMILES string of the molecule is CCCCCC(=O)O[C@@H](C)COC(=O)[C@@H](N)Cc1ccc(OC(=O)CCC)c(OC(=O)CCC)c1. The maximum absolute atomic E-state index is 12.3. The van der Waals surface area contributed by atoms with E-state index in [0.717, 1.165) is 19.3 Å². The second kappa shape index (κ2) is 16.6. The van der Waals surface area contributed by atoms with Gasteiger partial charge in [0.1, 0.15) is 18.8 Å². The fourth-order valence-corrected chi connectivity index (χ4v) is 3.08. The number of carbonyl (C=O) groups excluding carboxylic acids is 4. The van der Waals surface area contributed by atoms with Crippen LogP contribution in [-0.2, 0) is 35.1 Å². The molecule has 2 atom stereocenters. The third kappa shape index (κ3) is 12.4. The Bertz CT molecular complexity index is 839. The molecule has 2 N–H and O–H groups in total. The number of ether oxygens (including phenoxy) is 4. The summed E-state index contributed by atoms with van der Waals surface area (Å²) in [7, 11) is 0. The Labute approximate surface area is 207 Å². The highest BCUT2D eigenvalue weighted by molar-refractivity contribution is 5.77. The van der Waals surface area contributed by atoms with Crippen molar-refractivity contribution in [3.05, 3.63) is 23.8 Å². The van der Waals surface area contributed by atoms with Crippen LogP contribution >= 0.6 is 0 Å². The molecule has 0 amide bonds. The van der Waals surface area contributed by atoms with Crippen LogP contribution in [0.2, 0.25) is 0 Å². The molecule has 0 spiro atoms. The molecule has 0 aliphatic rings. The Morgan fingerprint density at radius 2 is 1.46 bits per heavy atom. The van der Waals surface area contributed by atoms with Crippen LogP contribution in [0.4, 0.5) is 0 Å². The van der Waals surface area contributed by atoms with Gasteiger partial charge in [0.2, 0.25) is 0 Å². The summed E-state index contributed by atoms with van der Waals surface area (Å²) in [5.74, 6) is -1.65. The van der Waals surface area contributed by atoms with Crippen molar-refractivity contribution in [1.29, 1.82) is 0 Å². The number of unbranched alkanes of at least 4 members (excludes halogenated alkanes) is 2. The van der Waals surface area contributed by atoms with Crippen LogP contribution in [0.25, 0.3) is 0 Å². The van der Waals surface area contributed by atoms with Gasteiger partial charge in [-0.25, -0.2) is 0 Å². The standard InChI is InChI=1S/C26H39NO8/c1-5-8-9-12-25(30)33-18(4)17-32-26(31)20(27)15-19-13-14-21(34-23(28)10-6-2)22(16-19)35-24(29)11-7-3/h13-14,16,18,20H,5-12,15,17,27H2,1-4H3/t18-,20-/m0/s1. The molecule has 0 saturated heterocycles. The average Bonchev–Trinajstić information content (AvgIpc) is 2.79. The lowest BCUT2D eigenvalue weighted by Gasteiger charge is -2.17. The molecule has 0 fully saturated rings. The van der Waals surface area contributed by atoms with Crippen molar-refractivity contribution in [3.8, 4) is 11.5 Å². The lowest BCUT2D eigenvalue weighted by atomic mass is 10.1. The van der Waals surface area contributed by atoms with Crippen molar-refractivity contribution < 1.29 is 38.1 Å². The van der Waals surface area contributed by atoms with E-state index in [1.54, 1.807) is 13.0 Å². The molecule has 0 radical (unpaired) electrons. The van der Waals surface area contributed by atoms with E-state index in [0.29, 0.717) is 24.8 Å². The molecule has 0 saturated carbocycles. The Morgan fingerprint density at radius 1 is 0.829 bits per heavy atom. The average molecular weight is 494 g/mol. The molecule has 196 valence electrons. The fraction of sp³-hybridized carbons (Fsp3) is 0.615. The maximum atomic E-state index is 12.3. The number of esters is 4. The van der Waals surface area contributed by atoms with Crippen molar-refractivity contribution in [2.75, 3.05) is 6.61 Å². The lowest BCUT2D eigenvalue weighted by molar-refractivity contribution is -0.158. The van der Waals surface area contributed by atoms with Gasteiger partial charge in [0.15, 0.2) is 11.5 Å². The summed E-state index contributed by atoms with van der Waals surface area (Å²) in [6, 6.07) is 3.68. The first kappa shape index (κ1) is 30.1. The predicted molar refractivity (Wildman–Crippen MR) is 130 cm³/mol. The quantitative estimate of drug-likeness (QED) is 0.206. The lowest BCUT2D eigenvalue weighted by Crippen LogP contribution is -2.36. The highest BCUT2D eigenvalue weighted by Crippen LogP contribution is 2.30. The Morgan fingerprint density at radius 3 is 2.06 bits per heavy atom. The van der Waals surface area contributed by atoms with Crippen LogP contribution in [0.15, 0.2) is 18.2 Å². The molecule has 1 aromatic carbocycles. The number of hydrogen-bond acceptors (Lipinski definition) is 9. The summed E-state index contributed by atoms with van der Waals surface area (Å²) < 4.78 is 21.1. The van der Waals surface area contributed by atoms with Gasteiger partial charge in [0.05, 0.1) is 0 Å². The van der Waals surface area contributed by atoms with Crippen LogP contribution in [0.3, 0.4) is 0 Å². The van der Waals surface area contributed by atoms with Gasteiger partial charge in [0, 0.05) is 19.3 Å². The molecule has 1 aromatic rings. The van der Waals surface area contributed by atoms with Crippen molar-refractivity contribution in [2.45, 2.75) is 97.6 Å². The molecule has 0 aliphatic carbocycles. The molecule has 1 rings (SSSR count). The van der Waals surface area contributed by atoms with E-state index in [-0.39, 0.29) is 43.3 Å². The monoisotopic (exact) mass is 493 g/mol. The second-order valence-electron chi connectivity index (χ2n) is 8.43. The van der Waals surface area contributed by atoms with Gasteiger partial charge >= 0.3 is 23.9 Å². The first-order chi connectivity index (χ1) is 16.7. The van der Waals surface area contributed by atoms with Crippen LogP contribution < -0.4 is 15.2 Å². The summed E-state index contributed by atoms with van der Waals surface area (Å²) in [5.41, 5.74) is 6.60. The van der Waals surface area contributed by atoms with Crippen molar-refractivity contribution in [2.24, 2.45) is 5.73 Å². The molecule has 0 bridgehead atoms. The number of benzene rings is 1. The largest absolute Gasteiger partial charge is 0.461 e. The molecule has 0 aromatic heterocycles. The molecule has 35 heavy (non-hydrogen) atoms. The molecular formula is C26H39NO8. The van der Waals surface area contributed by atoms with E-state index in [2.05, 4.69) is 0 Å². The molecule has 0 aliphatic heterocycles. The number of carbonyl (C=O) groups is 4. The van der Waals surface area contributed by atoms with E-state index in [4.69, 9.17) is 24.7 Å². The van der Waals surface area contributed by atoms with E-state index < -0.39 is 30.1 Å². The molecular weight excluding hydrogens is 454 g/mol. The van der Waals surface area contributed by atoms with Crippen molar-refractivity contribution in [1.82, 2.24) is 0 Å². The summed E-state index contributed by atoms with van der Waals surface area (Å²) >= 11 is 0. The summed E-state index contributed by atoms with van der Waals surface area (Å²) in [5, 5.41) is 0. The third-order valence-corrected chi connectivity index (χ3v) is 4.90. The van der Waals surface area contributed by atoms with E-state index in [9.17, 15) is 19.2 Å². The Kier molecular flexibility index (Phi) is 14.3. The zero-order valence-corrected chi connectivity index (χ0v) is 21.3. The summed E-state index contributed by atoms with van der Waals surface area (Å²) in [4.78, 5) is 48.0. The van der Waals surface area contributed by atoms with Gasteiger partial charge < -0.3 is 24.7 Å². The zero-order valence-electron chi connectivity index (χ0n) is 21.3. The summed E-state index contributed by atoms with van der Waals surface area (Å²) in [6.07, 6.45) is 4.24. The molecule has 0 unspecified atom stereocenters. The van der Waals surface area contributed by atoms with Gasteiger partial charge in [-0.2, -0.15) is 0 Å². The molecule has 9 nitrogen and oxygen atoms in total. The van der Waals surface area contributed by atoms with Crippen LogP contribution in [0.1, 0.15) is 84.6 Å².